The fourth-order valence-corrected chi connectivity index (χ4v) is 3.74. The second-order valence-corrected chi connectivity index (χ2v) is 9.86. The Morgan fingerprint density at radius 3 is 2.12 bits per heavy atom. The number of aliphatic hydroxyl groups is 1. The molecule has 0 heterocycles. The second-order valence-electron chi connectivity index (χ2n) is 9.86. The maximum absolute atomic E-state index is 12.9. The van der Waals surface area contributed by atoms with E-state index in [-0.39, 0.29) is 31.3 Å². The summed E-state index contributed by atoms with van der Waals surface area (Å²) in [6.07, 6.45) is 1.21. The van der Waals surface area contributed by atoms with Crippen LogP contribution in [-0.4, -0.2) is 84.5 Å². The zero-order valence-corrected chi connectivity index (χ0v) is 24.0. The van der Waals surface area contributed by atoms with Crippen molar-refractivity contribution < 1.29 is 29.1 Å². The lowest BCUT2D eigenvalue weighted by atomic mass is 9.97. The van der Waals surface area contributed by atoms with Crippen molar-refractivity contribution in [3.63, 3.8) is 0 Å². The molecule has 5 atom stereocenters. The number of carbonyl (C=O) groups excluding carboxylic acids is 5. The molecule has 0 saturated heterocycles. The molecular weight excluding hydrogens is 548 g/mol. The van der Waals surface area contributed by atoms with Crippen molar-refractivity contribution in [2.45, 2.75) is 63.7 Å². The summed E-state index contributed by atoms with van der Waals surface area (Å²) in [5, 5.41) is 19.3. The molecule has 234 valence electrons. The Morgan fingerprint density at radius 1 is 0.929 bits per heavy atom. The lowest BCUT2D eigenvalue weighted by molar-refractivity contribution is -0.133. The van der Waals surface area contributed by atoms with E-state index in [4.69, 9.17) is 28.7 Å². The Labute approximate surface area is 244 Å². The summed E-state index contributed by atoms with van der Waals surface area (Å²) < 4.78 is 0. The van der Waals surface area contributed by atoms with Gasteiger partial charge in [-0.05, 0) is 42.9 Å². The quantitative estimate of drug-likeness (QED) is 0.0344. The predicted octanol–water partition coefficient (Wildman–Crippen LogP) is -3.71. The van der Waals surface area contributed by atoms with Crippen molar-refractivity contribution >= 4 is 41.2 Å². The van der Waals surface area contributed by atoms with Crippen LogP contribution in [0, 0.1) is 5.92 Å². The van der Waals surface area contributed by atoms with Crippen LogP contribution in [0.4, 0.5) is 5.69 Å². The third-order valence-electron chi connectivity index (χ3n) is 6.43. The second kappa shape index (κ2) is 18.1. The average Bonchev–Trinajstić information content (AvgIpc) is 2.94. The lowest BCUT2D eigenvalue weighted by Crippen LogP contribution is -2.57. The van der Waals surface area contributed by atoms with Crippen LogP contribution in [0.1, 0.15) is 38.7 Å². The van der Waals surface area contributed by atoms with Crippen molar-refractivity contribution in [3.8, 4) is 0 Å². The van der Waals surface area contributed by atoms with Gasteiger partial charge in [0.1, 0.15) is 18.1 Å². The minimum absolute atomic E-state index is 0.117. The SMILES string of the molecule is CC[C@H](C)[C@H](NC(=O)[C@@H](N)Cc1ccc(N)cc1)C(=O)NCC(=O)N[C@@H](CO)C(=O)N[C@@H](CCCN=C(N)N)C(N)=O. The molecule has 0 radical (unpaired) electrons. The Bertz CT molecular complexity index is 1090. The van der Waals surface area contributed by atoms with E-state index in [1.54, 1.807) is 31.2 Å². The van der Waals surface area contributed by atoms with Crippen LogP contribution >= 0.6 is 0 Å². The van der Waals surface area contributed by atoms with E-state index in [1.807, 2.05) is 6.92 Å². The molecule has 42 heavy (non-hydrogen) atoms. The molecule has 0 spiro atoms. The smallest absolute Gasteiger partial charge is 0.245 e. The van der Waals surface area contributed by atoms with Gasteiger partial charge in [-0.1, -0.05) is 32.4 Å². The van der Waals surface area contributed by atoms with Crippen LogP contribution in [0.15, 0.2) is 29.3 Å². The number of nitrogens with zero attached hydrogens (tertiary/aromatic N) is 1. The zero-order valence-electron chi connectivity index (χ0n) is 24.0. The molecule has 0 aliphatic heterocycles. The molecule has 0 aromatic heterocycles. The summed E-state index contributed by atoms with van der Waals surface area (Å²) in [5.74, 6) is -4.08. The van der Waals surface area contributed by atoms with E-state index in [1.165, 1.54) is 0 Å². The van der Waals surface area contributed by atoms with E-state index in [9.17, 15) is 29.1 Å². The number of carbonyl (C=O) groups is 5. The first-order chi connectivity index (χ1) is 19.8. The van der Waals surface area contributed by atoms with Gasteiger partial charge in [-0.2, -0.15) is 0 Å². The van der Waals surface area contributed by atoms with E-state index in [0.29, 0.717) is 18.5 Å². The summed E-state index contributed by atoms with van der Waals surface area (Å²) in [6, 6.07) is 2.45. The molecule has 0 aliphatic carbocycles. The molecular formula is C26H44N10O6. The van der Waals surface area contributed by atoms with Gasteiger partial charge in [0.15, 0.2) is 5.96 Å². The fourth-order valence-electron chi connectivity index (χ4n) is 3.74. The first-order valence-electron chi connectivity index (χ1n) is 13.5. The molecule has 5 amide bonds. The summed E-state index contributed by atoms with van der Waals surface area (Å²) >= 11 is 0. The van der Waals surface area contributed by atoms with Gasteiger partial charge in [0.2, 0.25) is 29.5 Å². The van der Waals surface area contributed by atoms with Gasteiger partial charge in [-0.15, -0.1) is 0 Å². The van der Waals surface area contributed by atoms with Crippen LogP contribution in [0.25, 0.3) is 0 Å². The Kier molecular flexibility index (Phi) is 15.3. The van der Waals surface area contributed by atoms with Crippen LogP contribution in [0.3, 0.4) is 0 Å². The van der Waals surface area contributed by atoms with Crippen molar-refractivity contribution in [1.29, 1.82) is 0 Å². The van der Waals surface area contributed by atoms with Gasteiger partial charge in [-0.25, -0.2) is 0 Å². The van der Waals surface area contributed by atoms with Gasteiger partial charge in [0.25, 0.3) is 0 Å². The van der Waals surface area contributed by atoms with E-state index in [0.717, 1.165) is 5.56 Å². The fraction of sp³-hybridized carbons (Fsp3) is 0.538. The maximum Gasteiger partial charge on any atom is 0.245 e. The number of benzene rings is 1. The number of anilines is 1. The van der Waals surface area contributed by atoms with Crippen molar-refractivity contribution in [1.82, 2.24) is 21.3 Å². The third-order valence-corrected chi connectivity index (χ3v) is 6.43. The molecule has 0 aliphatic rings. The third kappa shape index (κ3) is 12.8. The minimum Gasteiger partial charge on any atom is -0.399 e. The van der Waals surface area contributed by atoms with E-state index < -0.39 is 66.9 Å². The van der Waals surface area contributed by atoms with Gasteiger partial charge in [0.05, 0.1) is 19.2 Å². The van der Waals surface area contributed by atoms with Gasteiger partial charge < -0.3 is 55.0 Å². The van der Waals surface area contributed by atoms with Crippen molar-refractivity contribution in [2.75, 3.05) is 25.4 Å². The van der Waals surface area contributed by atoms with E-state index in [2.05, 4.69) is 26.3 Å². The maximum atomic E-state index is 12.9. The molecule has 0 bridgehead atoms. The highest BCUT2D eigenvalue weighted by molar-refractivity contribution is 5.94. The number of nitrogens with two attached hydrogens (primary N) is 5. The van der Waals surface area contributed by atoms with Crippen LogP contribution < -0.4 is 49.9 Å². The number of nitrogens with one attached hydrogen (secondary N) is 4. The standard InChI is InChI=1S/C26H44N10O6/c1-3-14(2)21(36-23(40)17(28)11-15-6-8-16(27)9-7-15)25(42)33-12-20(38)34-19(13-37)24(41)35-18(22(29)39)5-4-10-32-26(30)31/h6-9,14,17-19,21,37H,3-5,10-13,27-28H2,1-2H3,(H2,29,39)(H,33,42)(H,34,38)(H,35,41)(H,36,40)(H4,30,31,32)/t14-,17-,18-,19-,21-/m0/s1. The monoisotopic (exact) mass is 592 g/mol. The van der Waals surface area contributed by atoms with Crippen LogP contribution in [0.5, 0.6) is 0 Å². The Hall–Kier alpha value is -4.44. The molecule has 1 aromatic rings. The number of amides is 5. The number of aliphatic imine (C=N–C) groups is 1. The number of hydrogen-bond donors (Lipinski definition) is 10. The first-order valence-corrected chi connectivity index (χ1v) is 13.5. The Balaban J connectivity index is 2.70. The van der Waals surface area contributed by atoms with Crippen LogP contribution in [-0.2, 0) is 30.4 Å². The van der Waals surface area contributed by atoms with Crippen molar-refractivity contribution in [3.05, 3.63) is 29.8 Å². The van der Waals surface area contributed by atoms with Crippen LogP contribution in [0.2, 0.25) is 0 Å². The first kappa shape index (κ1) is 35.6. The predicted molar refractivity (Wildman–Crippen MR) is 157 cm³/mol. The normalized spacial score (nSPS) is 14.3. The number of guanidine groups is 1. The number of rotatable bonds is 18. The number of hydrogen-bond acceptors (Lipinski definition) is 9. The molecule has 1 aromatic carbocycles. The molecule has 0 saturated carbocycles. The molecule has 0 unspecified atom stereocenters. The minimum atomic E-state index is -1.43. The highest BCUT2D eigenvalue weighted by Crippen LogP contribution is 2.10. The summed E-state index contributed by atoms with van der Waals surface area (Å²) in [4.78, 5) is 66.2. The molecule has 1 rings (SSSR count). The van der Waals surface area contributed by atoms with Gasteiger partial charge in [-0.3, -0.25) is 29.0 Å². The zero-order chi connectivity index (χ0) is 31.8. The molecule has 15 N–H and O–H groups in total. The number of aliphatic hydroxyl groups excluding tert-OH is 1. The summed E-state index contributed by atoms with van der Waals surface area (Å²) in [5.41, 5.74) is 28.9. The molecule has 16 nitrogen and oxygen atoms in total. The largest absolute Gasteiger partial charge is 0.399 e. The number of nitrogen functional groups attached to an aromatic ring is 1. The molecule has 16 heteroatoms. The highest BCUT2D eigenvalue weighted by Gasteiger charge is 2.29. The topological polar surface area (TPSA) is 296 Å². The van der Waals surface area contributed by atoms with Gasteiger partial charge in [0, 0.05) is 12.2 Å². The highest BCUT2D eigenvalue weighted by atomic mass is 16.3. The van der Waals surface area contributed by atoms with Crippen molar-refractivity contribution in [2.24, 2.45) is 33.8 Å². The lowest BCUT2D eigenvalue weighted by Gasteiger charge is -2.25. The van der Waals surface area contributed by atoms with E-state index >= 15 is 0 Å². The summed E-state index contributed by atoms with van der Waals surface area (Å²) in [7, 11) is 0. The summed E-state index contributed by atoms with van der Waals surface area (Å²) in [6.45, 7) is 2.45. The Morgan fingerprint density at radius 2 is 1.57 bits per heavy atom. The average molecular weight is 593 g/mol. The van der Waals surface area contributed by atoms with Gasteiger partial charge >= 0.3 is 0 Å². The molecule has 0 fully saturated rings. The number of primary amides is 1.